The molecule has 110 valence electrons. The van der Waals surface area contributed by atoms with Gasteiger partial charge in [0.25, 0.3) is 5.91 Å². The van der Waals surface area contributed by atoms with Crippen LogP contribution in [0.1, 0.15) is 16.8 Å². The average Bonchev–Trinajstić information content (AvgIpc) is 2.37. The van der Waals surface area contributed by atoms with Crippen molar-refractivity contribution in [1.82, 2.24) is 5.32 Å². The van der Waals surface area contributed by atoms with E-state index in [2.05, 4.69) is 10.1 Å². The van der Waals surface area contributed by atoms with E-state index in [-0.39, 0.29) is 17.7 Å². The van der Waals surface area contributed by atoms with Crippen molar-refractivity contribution in [2.24, 2.45) is 0 Å². The van der Waals surface area contributed by atoms with Crippen molar-refractivity contribution in [3.8, 4) is 5.75 Å². The number of ether oxygens (including phenoxy) is 1. The number of carboxylic acids is 1. The lowest BCUT2D eigenvalue weighted by atomic mass is 10.1. The van der Waals surface area contributed by atoms with E-state index in [0.29, 0.717) is 0 Å². The Labute approximate surface area is 113 Å². The maximum absolute atomic E-state index is 12.0. The number of carboxylic acid groups (broad SMARTS) is 1. The summed E-state index contributed by atoms with van der Waals surface area (Å²) in [6, 6.07) is 3.71. The summed E-state index contributed by atoms with van der Waals surface area (Å²) >= 11 is 0. The summed E-state index contributed by atoms with van der Waals surface area (Å²) < 4.78 is 28.2. The maximum atomic E-state index is 12.0. The van der Waals surface area contributed by atoms with Gasteiger partial charge in [-0.2, -0.15) is 8.78 Å². The molecule has 3 N–H and O–H groups in total. The molecular formula is C12H13F2NO5. The Morgan fingerprint density at radius 3 is 2.60 bits per heavy atom. The largest absolute Gasteiger partial charge is 0.480 e. The van der Waals surface area contributed by atoms with Gasteiger partial charge >= 0.3 is 12.6 Å². The topological polar surface area (TPSA) is 95.9 Å². The first-order chi connectivity index (χ1) is 9.43. The first-order valence-corrected chi connectivity index (χ1v) is 5.63. The third kappa shape index (κ3) is 4.81. The van der Waals surface area contributed by atoms with E-state index >= 15 is 0 Å². The van der Waals surface area contributed by atoms with Gasteiger partial charge in [-0.15, -0.1) is 0 Å². The molecule has 0 bridgehead atoms. The number of nitrogens with one attached hydrogen (secondary N) is 1. The van der Waals surface area contributed by atoms with Gasteiger partial charge in [0.2, 0.25) is 0 Å². The lowest BCUT2D eigenvalue weighted by molar-refractivity contribution is -0.139. The molecule has 1 atom stereocenters. The van der Waals surface area contributed by atoms with E-state index in [4.69, 9.17) is 10.2 Å². The molecule has 0 fully saturated rings. The standard InChI is InChI=1S/C12H13F2NO5/c13-12(14)20-8-3-1-2-7(6-8)10(17)15-9(4-5-16)11(18)19/h1-3,6,9,12,16H,4-5H2,(H,15,17)(H,18,19)/t9-/m0/s1. The minimum absolute atomic E-state index is 0.0210. The highest BCUT2D eigenvalue weighted by molar-refractivity contribution is 5.96. The lowest BCUT2D eigenvalue weighted by Crippen LogP contribution is -2.41. The van der Waals surface area contributed by atoms with Crippen molar-refractivity contribution < 1.29 is 33.3 Å². The maximum Gasteiger partial charge on any atom is 0.387 e. The number of hydrogen-bond acceptors (Lipinski definition) is 4. The molecule has 0 spiro atoms. The lowest BCUT2D eigenvalue weighted by Gasteiger charge is -2.13. The number of aliphatic hydroxyl groups excluding tert-OH is 1. The van der Waals surface area contributed by atoms with Crippen molar-refractivity contribution in [2.45, 2.75) is 19.1 Å². The molecule has 6 nitrogen and oxygen atoms in total. The highest BCUT2D eigenvalue weighted by Crippen LogP contribution is 2.16. The molecule has 0 aliphatic carbocycles. The molecule has 0 radical (unpaired) electrons. The molecule has 0 aliphatic rings. The first-order valence-electron chi connectivity index (χ1n) is 5.63. The monoisotopic (exact) mass is 289 g/mol. The minimum Gasteiger partial charge on any atom is -0.480 e. The van der Waals surface area contributed by atoms with Crippen LogP contribution in [0.2, 0.25) is 0 Å². The number of aliphatic carboxylic acids is 1. The molecule has 0 unspecified atom stereocenters. The van der Waals surface area contributed by atoms with Gasteiger partial charge in [-0.3, -0.25) is 4.79 Å². The van der Waals surface area contributed by atoms with E-state index in [9.17, 15) is 18.4 Å². The number of aliphatic hydroxyl groups is 1. The number of amides is 1. The quantitative estimate of drug-likeness (QED) is 0.691. The van der Waals surface area contributed by atoms with Crippen LogP contribution in [-0.2, 0) is 4.79 Å². The zero-order valence-corrected chi connectivity index (χ0v) is 10.3. The second-order valence-corrected chi connectivity index (χ2v) is 3.78. The Hall–Kier alpha value is -2.22. The van der Waals surface area contributed by atoms with Crippen molar-refractivity contribution in [2.75, 3.05) is 6.61 Å². The molecule has 0 aromatic heterocycles. The summed E-state index contributed by atoms with van der Waals surface area (Å²) in [4.78, 5) is 22.6. The third-order valence-corrected chi connectivity index (χ3v) is 2.34. The van der Waals surface area contributed by atoms with Crippen LogP contribution >= 0.6 is 0 Å². The number of benzene rings is 1. The SMILES string of the molecule is O=C(N[C@@H](CCO)C(=O)O)c1cccc(OC(F)F)c1. The highest BCUT2D eigenvalue weighted by Gasteiger charge is 2.20. The van der Waals surface area contributed by atoms with Crippen LogP contribution in [0.15, 0.2) is 24.3 Å². The molecular weight excluding hydrogens is 276 g/mol. The Morgan fingerprint density at radius 1 is 1.35 bits per heavy atom. The van der Waals surface area contributed by atoms with Crippen molar-refractivity contribution in [1.29, 1.82) is 0 Å². The summed E-state index contributed by atoms with van der Waals surface area (Å²) in [6.45, 7) is -3.43. The van der Waals surface area contributed by atoms with Crippen LogP contribution in [0.5, 0.6) is 5.75 Å². The molecule has 0 saturated carbocycles. The van der Waals surface area contributed by atoms with Crippen LogP contribution in [-0.4, -0.2) is 41.3 Å². The fourth-order valence-corrected chi connectivity index (χ4v) is 1.44. The molecule has 0 saturated heterocycles. The van der Waals surface area contributed by atoms with Crippen molar-refractivity contribution >= 4 is 11.9 Å². The van der Waals surface area contributed by atoms with E-state index in [0.717, 1.165) is 6.07 Å². The predicted octanol–water partition coefficient (Wildman–Crippen LogP) is 0.853. The Kier molecular flexibility index (Phi) is 5.85. The van der Waals surface area contributed by atoms with Crippen LogP contribution in [0.3, 0.4) is 0 Å². The van der Waals surface area contributed by atoms with E-state index < -0.39 is 31.1 Å². The van der Waals surface area contributed by atoms with Gasteiger partial charge in [0.1, 0.15) is 11.8 Å². The normalized spacial score (nSPS) is 12.0. The van der Waals surface area contributed by atoms with E-state index in [1.54, 1.807) is 0 Å². The molecule has 1 aromatic rings. The highest BCUT2D eigenvalue weighted by atomic mass is 19.3. The fourth-order valence-electron chi connectivity index (χ4n) is 1.44. The smallest absolute Gasteiger partial charge is 0.387 e. The second kappa shape index (κ2) is 7.39. The van der Waals surface area contributed by atoms with Gasteiger partial charge in [-0.1, -0.05) is 6.07 Å². The van der Waals surface area contributed by atoms with Crippen LogP contribution in [0.4, 0.5) is 8.78 Å². The summed E-state index contributed by atoms with van der Waals surface area (Å²) in [6.07, 6.45) is -0.158. The predicted molar refractivity (Wildman–Crippen MR) is 63.7 cm³/mol. The van der Waals surface area contributed by atoms with Gasteiger partial charge in [0, 0.05) is 18.6 Å². The average molecular weight is 289 g/mol. The van der Waals surface area contributed by atoms with Gasteiger partial charge in [-0.25, -0.2) is 4.79 Å². The number of alkyl halides is 2. The molecule has 0 aliphatic heterocycles. The number of carbonyl (C=O) groups is 2. The molecule has 8 heteroatoms. The van der Waals surface area contributed by atoms with E-state index in [1.165, 1.54) is 18.2 Å². The van der Waals surface area contributed by atoms with Crippen LogP contribution in [0.25, 0.3) is 0 Å². The summed E-state index contributed by atoms with van der Waals surface area (Å²) in [5.74, 6) is -2.26. The summed E-state index contributed by atoms with van der Waals surface area (Å²) in [5.41, 5.74) is -0.0210. The zero-order valence-electron chi connectivity index (χ0n) is 10.3. The Bertz CT molecular complexity index is 481. The number of carbonyl (C=O) groups excluding carboxylic acids is 1. The molecule has 1 amide bonds. The number of halogens is 2. The van der Waals surface area contributed by atoms with Gasteiger partial charge in [0.15, 0.2) is 0 Å². The second-order valence-electron chi connectivity index (χ2n) is 3.78. The zero-order chi connectivity index (χ0) is 15.1. The Balaban J connectivity index is 2.78. The van der Waals surface area contributed by atoms with Crippen LogP contribution in [0, 0.1) is 0 Å². The first kappa shape index (κ1) is 15.8. The summed E-state index contributed by atoms with van der Waals surface area (Å²) in [5, 5.41) is 19.7. The summed E-state index contributed by atoms with van der Waals surface area (Å²) in [7, 11) is 0. The number of rotatable bonds is 7. The third-order valence-electron chi connectivity index (χ3n) is 2.34. The molecule has 0 heterocycles. The molecule has 1 aromatic carbocycles. The minimum atomic E-state index is -3.02. The number of hydrogen-bond donors (Lipinski definition) is 3. The van der Waals surface area contributed by atoms with Gasteiger partial charge in [-0.05, 0) is 18.2 Å². The van der Waals surface area contributed by atoms with Gasteiger partial charge < -0.3 is 20.3 Å². The van der Waals surface area contributed by atoms with Crippen molar-refractivity contribution in [3.63, 3.8) is 0 Å². The molecule has 20 heavy (non-hydrogen) atoms. The van der Waals surface area contributed by atoms with Crippen LogP contribution < -0.4 is 10.1 Å². The van der Waals surface area contributed by atoms with Crippen molar-refractivity contribution in [3.05, 3.63) is 29.8 Å². The molecule has 1 rings (SSSR count). The Morgan fingerprint density at radius 2 is 2.05 bits per heavy atom. The van der Waals surface area contributed by atoms with E-state index in [1.807, 2.05) is 0 Å². The fraction of sp³-hybridized carbons (Fsp3) is 0.333. The van der Waals surface area contributed by atoms with Gasteiger partial charge in [0.05, 0.1) is 0 Å².